The van der Waals surface area contributed by atoms with Gasteiger partial charge in [-0.05, 0) is 34.5 Å². The van der Waals surface area contributed by atoms with Gasteiger partial charge in [-0.2, -0.15) is 15.7 Å². The average molecular weight is 422 g/mol. The summed E-state index contributed by atoms with van der Waals surface area (Å²) in [5.41, 5.74) is 0.209. The maximum Gasteiger partial charge on any atom is 0.313 e. The van der Waals surface area contributed by atoms with E-state index in [1.165, 1.54) is 0 Å². The van der Waals surface area contributed by atoms with Crippen molar-refractivity contribution in [1.82, 2.24) is 10.2 Å². The van der Waals surface area contributed by atoms with E-state index >= 15 is 0 Å². The fourth-order valence-corrected chi connectivity index (χ4v) is 3.71. The molecule has 11 heteroatoms. The summed E-state index contributed by atoms with van der Waals surface area (Å²) in [6.07, 6.45) is 0. The van der Waals surface area contributed by atoms with E-state index in [-0.39, 0.29) is 18.3 Å². The lowest BCUT2D eigenvalue weighted by molar-refractivity contribution is -0.387. The van der Waals surface area contributed by atoms with Gasteiger partial charge in [0.1, 0.15) is 0 Å². The van der Waals surface area contributed by atoms with Crippen LogP contribution >= 0.6 is 11.3 Å². The summed E-state index contributed by atoms with van der Waals surface area (Å²) < 4.78 is 18.8. The highest BCUT2D eigenvalue weighted by Gasteiger charge is 2.25. The minimum absolute atomic E-state index is 0.0409. The molecule has 1 aliphatic rings. The van der Waals surface area contributed by atoms with Gasteiger partial charge in [-0.3, -0.25) is 24.6 Å². The molecule has 2 aromatic rings. The molecule has 2 N–H and O–H groups in total. The van der Waals surface area contributed by atoms with E-state index < -0.39 is 28.2 Å². The van der Waals surface area contributed by atoms with Crippen LogP contribution in [0.1, 0.15) is 11.6 Å². The van der Waals surface area contributed by atoms with Crippen LogP contribution in [-0.2, 0) is 14.3 Å². The number of hydrogen-bond acceptors (Lipinski definition) is 7. The zero-order valence-electron chi connectivity index (χ0n) is 15.3. The molecule has 154 valence electrons. The number of thiophene rings is 1. The number of ether oxygens (including phenoxy) is 1. The largest absolute Gasteiger partial charge is 0.379 e. The Hall–Kier alpha value is -2.89. The quantitative estimate of drug-likeness (QED) is 0.418. The first kappa shape index (κ1) is 20.8. The van der Waals surface area contributed by atoms with Crippen LogP contribution < -0.4 is 10.6 Å². The Labute approximate surface area is 169 Å². The highest BCUT2D eigenvalue weighted by molar-refractivity contribution is 7.08. The van der Waals surface area contributed by atoms with Crippen molar-refractivity contribution in [2.24, 2.45) is 0 Å². The lowest BCUT2D eigenvalue weighted by Crippen LogP contribution is -2.45. The first-order valence-electron chi connectivity index (χ1n) is 8.82. The number of hydrogen-bond donors (Lipinski definition) is 2. The van der Waals surface area contributed by atoms with Gasteiger partial charge in [-0.25, -0.2) is 0 Å². The van der Waals surface area contributed by atoms with Gasteiger partial charge in [0, 0.05) is 31.4 Å². The van der Waals surface area contributed by atoms with Gasteiger partial charge in [-0.15, -0.1) is 0 Å². The highest BCUT2D eigenvalue weighted by atomic mass is 32.1. The molecular weight excluding hydrogens is 403 g/mol. The van der Waals surface area contributed by atoms with Crippen molar-refractivity contribution in [3.05, 3.63) is 56.5 Å². The van der Waals surface area contributed by atoms with E-state index in [1.54, 1.807) is 11.3 Å². The monoisotopic (exact) mass is 422 g/mol. The maximum atomic E-state index is 13.4. The Morgan fingerprint density at radius 3 is 2.69 bits per heavy atom. The summed E-state index contributed by atoms with van der Waals surface area (Å²) in [7, 11) is 0. The summed E-state index contributed by atoms with van der Waals surface area (Å²) in [5, 5.41) is 19.6. The molecule has 0 radical (unpaired) electrons. The smallest absolute Gasteiger partial charge is 0.313 e. The second-order valence-corrected chi connectivity index (χ2v) is 7.09. The molecule has 9 nitrogen and oxygen atoms in total. The average Bonchev–Trinajstić information content (AvgIpc) is 3.24. The van der Waals surface area contributed by atoms with Crippen molar-refractivity contribution < 1.29 is 23.6 Å². The number of anilines is 1. The topological polar surface area (TPSA) is 114 Å². The van der Waals surface area contributed by atoms with Crippen LogP contribution in [-0.4, -0.2) is 54.5 Å². The molecule has 1 saturated heterocycles. The van der Waals surface area contributed by atoms with Crippen LogP contribution in [0.15, 0.2) is 35.0 Å². The third kappa shape index (κ3) is 5.34. The number of nitro benzene ring substituents is 1. The lowest BCUT2D eigenvalue weighted by atomic mass is 10.1. The zero-order chi connectivity index (χ0) is 20.8. The Balaban J connectivity index is 1.61. The zero-order valence-corrected chi connectivity index (χ0v) is 16.1. The molecule has 1 aliphatic heterocycles. The summed E-state index contributed by atoms with van der Waals surface area (Å²) in [4.78, 5) is 36.4. The van der Waals surface area contributed by atoms with Crippen LogP contribution in [0, 0.1) is 15.9 Å². The Morgan fingerprint density at radius 2 is 2.03 bits per heavy atom. The minimum Gasteiger partial charge on any atom is -0.379 e. The number of carbonyl (C=O) groups is 2. The van der Waals surface area contributed by atoms with Crippen molar-refractivity contribution >= 4 is 34.5 Å². The normalized spacial score (nSPS) is 15.5. The second-order valence-electron chi connectivity index (χ2n) is 6.31. The van der Waals surface area contributed by atoms with E-state index in [1.807, 2.05) is 16.8 Å². The molecule has 29 heavy (non-hydrogen) atoms. The number of nitrogens with one attached hydrogen (secondary N) is 2. The van der Waals surface area contributed by atoms with Crippen LogP contribution in [0.4, 0.5) is 15.8 Å². The van der Waals surface area contributed by atoms with Gasteiger partial charge in [0.2, 0.25) is 5.82 Å². The Morgan fingerprint density at radius 1 is 1.28 bits per heavy atom. The predicted molar refractivity (Wildman–Crippen MR) is 104 cm³/mol. The first-order valence-corrected chi connectivity index (χ1v) is 9.77. The molecule has 0 bridgehead atoms. The van der Waals surface area contributed by atoms with Crippen molar-refractivity contribution in [2.45, 2.75) is 6.04 Å². The van der Waals surface area contributed by atoms with E-state index in [4.69, 9.17) is 4.74 Å². The summed E-state index contributed by atoms with van der Waals surface area (Å²) >= 11 is 1.54. The van der Waals surface area contributed by atoms with Gasteiger partial charge < -0.3 is 15.4 Å². The second kappa shape index (κ2) is 9.54. The van der Waals surface area contributed by atoms with Crippen molar-refractivity contribution in [1.29, 1.82) is 0 Å². The van der Waals surface area contributed by atoms with Crippen LogP contribution in [0.5, 0.6) is 0 Å². The molecule has 1 fully saturated rings. The molecule has 0 aliphatic carbocycles. The standard InChI is InChI=1S/C18H19FN4O5S/c19-14-2-1-13(9-15(14)23(26)27)21-18(25)17(24)20-10-16(12-3-8-29-11-12)22-4-6-28-7-5-22/h1-3,8-9,11,16H,4-7,10H2,(H,20,24)(H,21,25). The van der Waals surface area contributed by atoms with Gasteiger partial charge in [0.15, 0.2) is 0 Å². The first-order chi connectivity index (χ1) is 14.0. The van der Waals surface area contributed by atoms with Crippen LogP contribution in [0.25, 0.3) is 0 Å². The summed E-state index contributed by atoms with van der Waals surface area (Å²) in [6.45, 7) is 2.83. The van der Waals surface area contributed by atoms with E-state index in [0.29, 0.717) is 26.3 Å². The fraction of sp³-hybridized carbons (Fsp3) is 0.333. The number of benzene rings is 1. The van der Waals surface area contributed by atoms with Crippen molar-refractivity contribution in [3.8, 4) is 0 Å². The molecule has 1 aromatic carbocycles. The molecular formula is C18H19FN4O5S. The molecule has 0 spiro atoms. The fourth-order valence-electron chi connectivity index (χ4n) is 3.00. The van der Waals surface area contributed by atoms with Gasteiger partial charge in [-0.1, -0.05) is 0 Å². The molecule has 2 heterocycles. The number of rotatable bonds is 6. The van der Waals surface area contributed by atoms with E-state index in [9.17, 15) is 24.1 Å². The Bertz CT molecular complexity index is 886. The molecule has 3 rings (SSSR count). The highest BCUT2D eigenvalue weighted by Crippen LogP contribution is 2.24. The molecule has 0 saturated carbocycles. The van der Waals surface area contributed by atoms with E-state index in [0.717, 1.165) is 23.8 Å². The third-order valence-electron chi connectivity index (χ3n) is 4.48. The molecule has 2 amide bonds. The maximum absolute atomic E-state index is 13.4. The number of carbonyl (C=O) groups excluding carboxylic acids is 2. The number of morpholine rings is 1. The number of nitrogens with zero attached hydrogens (tertiary/aromatic N) is 2. The number of nitro groups is 1. The molecule has 1 unspecified atom stereocenters. The summed E-state index contributed by atoms with van der Waals surface area (Å²) in [6, 6.07) is 4.73. The van der Waals surface area contributed by atoms with Gasteiger partial charge in [0.05, 0.1) is 24.2 Å². The molecule has 1 atom stereocenters. The Kier molecular flexibility index (Phi) is 6.86. The minimum atomic E-state index is -1.03. The van der Waals surface area contributed by atoms with Crippen molar-refractivity contribution in [3.63, 3.8) is 0 Å². The third-order valence-corrected chi connectivity index (χ3v) is 5.18. The molecule has 1 aromatic heterocycles. The van der Waals surface area contributed by atoms with E-state index in [2.05, 4.69) is 15.5 Å². The van der Waals surface area contributed by atoms with Gasteiger partial charge >= 0.3 is 17.5 Å². The number of amides is 2. The van der Waals surface area contributed by atoms with Gasteiger partial charge in [0.25, 0.3) is 0 Å². The van der Waals surface area contributed by atoms with Crippen LogP contribution in [0.2, 0.25) is 0 Å². The van der Waals surface area contributed by atoms with Crippen molar-refractivity contribution in [2.75, 3.05) is 38.2 Å². The SMILES string of the molecule is O=C(NCC(c1ccsc1)N1CCOCC1)C(=O)Nc1ccc(F)c([N+](=O)[O-])c1. The summed E-state index contributed by atoms with van der Waals surface area (Å²) in [5.74, 6) is -2.90. The van der Waals surface area contributed by atoms with Crippen LogP contribution in [0.3, 0.4) is 0 Å². The predicted octanol–water partition coefficient (Wildman–Crippen LogP) is 1.92. The lowest BCUT2D eigenvalue weighted by Gasteiger charge is -2.34. The number of halogens is 1.